The number of thiophene rings is 1. The smallest absolute Gasteiger partial charge is 0.254 e. The van der Waals surface area contributed by atoms with Crippen LogP contribution in [0.1, 0.15) is 71.8 Å². The van der Waals surface area contributed by atoms with Crippen LogP contribution in [0.4, 0.5) is 0 Å². The number of carbonyl (C=O) groups excluding carboxylic acids is 2. The molecule has 0 fully saturated rings. The average Bonchev–Trinajstić information content (AvgIpc) is 3.25. The number of benzene rings is 2. The number of unbranched alkanes of at least 4 members (excludes halogenated alkanes) is 1. The standard InChI is InChI=1S/C30H38N2O2S/c1-6-7-19-31(29(34)25-14-16-26(17-15-25)30(3,4)5)22-28(33)32(20-24-11-9-8-10-12-24)21-27-18-13-23(2)35-27/h8-18H,6-7,19-22H2,1-5H3. The van der Waals surface area contributed by atoms with E-state index in [1.54, 1.807) is 16.2 Å². The number of hydrogen-bond acceptors (Lipinski definition) is 3. The van der Waals surface area contributed by atoms with Gasteiger partial charge in [0.1, 0.15) is 6.54 Å². The van der Waals surface area contributed by atoms with Gasteiger partial charge in [-0.3, -0.25) is 9.59 Å². The lowest BCUT2D eigenvalue weighted by atomic mass is 9.86. The third kappa shape index (κ3) is 7.79. The van der Waals surface area contributed by atoms with E-state index in [4.69, 9.17) is 0 Å². The number of nitrogens with zero attached hydrogens (tertiary/aromatic N) is 2. The van der Waals surface area contributed by atoms with Gasteiger partial charge in [0.2, 0.25) is 5.91 Å². The molecule has 0 saturated heterocycles. The van der Waals surface area contributed by atoms with E-state index in [0.29, 0.717) is 25.2 Å². The molecule has 186 valence electrons. The summed E-state index contributed by atoms with van der Waals surface area (Å²) in [5.74, 6) is -0.116. The Morgan fingerprint density at radius 1 is 0.857 bits per heavy atom. The fourth-order valence-electron chi connectivity index (χ4n) is 3.95. The first-order valence-electron chi connectivity index (χ1n) is 12.4. The molecule has 0 radical (unpaired) electrons. The molecule has 4 nitrogen and oxygen atoms in total. The third-order valence-corrected chi connectivity index (χ3v) is 7.09. The minimum absolute atomic E-state index is 0.0253. The molecule has 5 heteroatoms. The van der Waals surface area contributed by atoms with Gasteiger partial charge in [0.25, 0.3) is 5.91 Å². The number of aryl methyl sites for hydroxylation is 1. The highest BCUT2D eigenvalue weighted by Crippen LogP contribution is 2.23. The van der Waals surface area contributed by atoms with Gasteiger partial charge in [-0.2, -0.15) is 0 Å². The Hall–Kier alpha value is -2.92. The highest BCUT2D eigenvalue weighted by molar-refractivity contribution is 7.11. The summed E-state index contributed by atoms with van der Waals surface area (Å²) in [6.07, 6.45) is 1.82. The second-order valence-corrected chi connectivity index (χ2v) is 11.5. The largest absolute Gasteiger partial charge is 0.332 e. The molecular weight excluding hydrogens is 452 g/mol. The highest BCUT2D eigenvalue weighted by Gasteiger charge is 2.23. The van der Waals surface area contributed by atoms with E-state index in [1.807, 2.05) is 59.5 Å². The predicted octanol–water partition coefficient (Wildman–Crippen LogP) is 6.83. The van der Waals surface area contributed by atoms with Gasteiger partial charge >= 0.3 is 0 Å². The first-order valence-corrected chi connectivity index (χ1v) is 13.3. The van der Waals surface area contributed by atoms with Crippen LogP contribution in [0.2, 0.25) is 0 Å². The minimum atomic E-state index is -0.0844. The van der Waals surface area contributed by atoms with Crippen LogP contribution < -0.4 is 0 Å². The molecule has 0 N–H and O–H groups in total. The van der Waals surface area contributed by atoms with Gasteiger partial charge in [-0.1, -0.05) is 76.6 Å². The lowest BCUT2D eigenvalue weighted by Crippen LogP contribution is -2.42. The Balaban J connectivity index is 1.80. The zero-order chi connectivity index (χ0) is 25.4. The van der Waals surface area contributed by atoms with Crippen LogP contribution in [0.3, 0.4) is 0 Å². The van der Waals surface area contributed by atoms with Gasteiger partial charge in [-0.05, 0) is 54.2 Å². The average molecular weight is 491 g/mol. The van der Waals surface area contributed by atoms with Crippen LogP contribution in [0.5, 0.6) is 0 Å². The van der Waals surface area contributed by atoms with Crippen molar-refractivity contribution in [3.63, 3.8) is 0 Å². The van der Waals surface area contributed by atoms with Crippen molar-refractivity contribution < 1.29 is 9.59 Å². The summed E-state index contributed by atoms with van der Waals surface area (Å²) < 4.78 is 0. The minimum Gasteiger partial charge on any atom is -0.332 e. The van der Waals surface area contributed by atoms with Gasteiger partial charge in [-0.15, -0.1) is 11.3 Å². The van der Waals surface area contributed by atoms with E-state index in [1.165, 1.54) is 10.4 Å². The molecule has 2 aromatic carbocycles. The third-order valence-electron chi connectivity index (χ3n) is 6.10. The van der Waals surface area contributed by atoms with Crippen molar-refractivity contribution in [2.75, 3.05) is 13.1 Å². The number of rotatable bonds is 10. The molecule has 35 heavy (non-hydrogen) atoms. The second-order valence-electron chi connectivity index (χ2n) is 10.2. The van der Waals surface area contributed by atoms with Crippen molar-refractivity contribution >= 4 is 23.2 Å². The monoisotopic (exact) mass is 490 g/mol. The maximum absolute atomic E-state index is 13.6. The Labute approximate surface area is 214 Å². The summed E-state index contributed by atoms with van der Waals surface area (Å²) >= 11 is 1.71. The second kappa shape index (κ2) is 12.2. The van der Waals surface area contributed by atoms with Crippen LogP contribution in [0, 0.1) is 6.92 Å². The van der Waals surface area contributed by atoms with Crippen molar-refractivity contribution in [3.05, 3.63) is 93.2 Å². The van der Waals surface area contributed by atoms with Gasteiger partial charge in [0.15, 0.2) is 0 Å². The van der Waals surface area contributed by atoms with Crippen LogP contribution in [-0.2, 0) is 23.3 Å². The zero-order valence-electron chi connectivity index (χ0n) is 21.7. The van der Waals surface area contributed by atoms with E-state index in [0.717, 1.165) is 23.3 Å². The van der Waals surface area contributed by atoms with E-state index in [-0.39, 0.29) is 23.8 Å². The Morgan fingerprint density at radius 2 is 1.54 bits per heavy atom. The Bertz CT molecular complexity index is 1100. The van der Waals surface area contributed by atoms with E-state index >= 15 is 0 Å². The van der Waals surface area contributed by atoms with Crippen LogP contribution in [0.25, 0.3) is 0 Å². The molecule has 1 heterocycles. The highest BCUT2D eigenvalue weighted by atomic mass is 32.1. The Kier molecular flexibility index (Phi) is 9.27. The van der Waals surface area contributed by atoms with Crippen LogP contribution >= 0.6 is 11.3 Å². The summed E-state index contributed by atoms with van der Waals surface area (Å²) in [6.45, 7) is 12.4. The van der Waals surface area contributed by atoms with Gasteiger partial charge in [-0.25, -0.2) is 0 Å². The summed E-state index contributed by atoms with van der Waals surface area (Å²) in [5.41, 5.74) is 2.92. The van der Waals surface area contributed by atoms with Crippen molar-refractivity contribution in [1.82, 2.24) is 9.80 Å². The molecule has 2 amide bonds. The molecule has 0 aliphatic heterocycles. The van der Waals surface area contributed by atoms with Gasteiger partial charge < -0.3 is 9.80 Å². The van der Waals surface area contributed by atoms with Crippen molar-refractivity contribution in [1.29, 1.82) is 0 Å². The lowest BCUT2D eigenvalue weighted by molar-refractivity contribution is -0.133. The quantitative estimate of drug-likeness (QED) is 0.313. The van der Waals surface area contributed by atoms with Gasteiger partial charge in [0.05, 0.1) is 6.54 Å². The SMILES string of the molecule is CCCCN(CC(=O)N(Cc1ccccc1)Cc1ccc(C)s1)C(=O)c1ccc(C(C)(C)C)cc1. The fourth-order valence-corrected chi connectivity index (χ4v) is 4.86. The topological polar surface area (TPSA) is 40.6 Å². The number of hydrogen-bond donors (Lipinski definition) is 0. The summed E-state index contributed by atoms with van der Waals surface area (Å²) in [4.78, 5) is 33.0. The molecular formula is C30H38N2O2S. The van der Waals surface area contributed by atoms with Crippen LogP contribution in [-0.4, -0.2) is 34.7 Å². The van der Waals surface area contributed by atoms with Crippen molar-refractivity contribution in [2.45, 2.75) is 66.0 Å². The normalized spacial score (nSPS) is 11.3. The van der Waals surface area contributed by atoms with Crippen molar-refractivity contribution in [3.8, 4) is 0 Å². The van der Waals surface area contributed by atoms with E-state index in [2.05, 4.69) is 46.8 Å². The van der Waals surface area contributed by atoms with Crippen LogP contribution in [0.15, 0.2) is 66.7 Å². The number of carbonyl (C=O) groups is 2. The van der Waals surface area contributed by atoms with Gasteiger partial charge in [0, 0.05) is 28.4 Å². The molecule has 0 aliphatic rings. The van der Waals surface area contributed by atoms with E-state index in [9.17, 15) is 9.59 Å². The molecule has 3 rings (SSSR count). The molecule has 0 aliphatic carbocycles. The van der Waals surface area contributed by atoms with Crippen molar-refractivity contribution in [2.24, 2.45) is 0 Å². The first-order chi connectivity index (χ1) is 16.7. The Morgan fingerprint density at radius 3 is 2.11 bits per heavy atom. The maximum atomic E-state index is 13.6. The molecule has 0 bridgehead atoms. The molecule has 0 atom stereocenters. The fraction of sp³-hybridized carbons (Fsp3) is 0.400. The summed E-state index contributed by atoms with van der Waals surface area (Å²) in [5, 5.41) is 0. The molecule has 3 aromatic rings. The number of amides is 2. The first kappa shape index (κ1) is 26.7. The maximum Gasteiger partial charge on any atom is 0.254 e. The predicted molar refractivity (Wildman–Crippen MR) is 146 cm³/mol. The molecule has 0 saturated carbocycles. The summed E-state index contributed by atoms with van der Waals surface area (Å²) in [6, 6.07) is 22.0. The lowest BCUT2D eigenvalue weighted by Gasteiger charge is -2.28. The zero-order valence-corrected chi connectivity index (χ0v) is 22.5. The molecule has 0 spiro atoms. The molecule has 1 aromatic heterocycles. The molecule has 0 unspecified atom stereocenters. The van der Waals surface area contributed by atoms with E-state index < -0.39 is 0 Å². The summed E-state index contributed by atoms with van der Waals surface area (Å²) in [7, 11) is 0.